The molecule has 26 heteroatoms. The number of aliphatic imine (C=N–C) groups is 1. The number of nitrogens with zero attached hydrogens (tertiary/aromatic N) is 2. The fourth-order valence-corrected chi connectivity index (χ4v) is 11.8. The van der Waals surface area contributed by atoms with E-state index in [-0.39, 0.29) is 59.4 Å². The summed E-state index contributed by atoms with van der Waals surface area (Å²) < 4.78 is 26.4. The SMILES string of the molecule is Cc1cc(C)cc(-c2c3[nH]ccc3cn2OC2C(Oc3ccc4c(=O)c(-c5ccc(O)cc5)coc4c3)OC(C(CO)(NC(N)=NC(C=O)C3CCC4CNCCC4N3)OC(=O)C(NCCC=O)C(=O)O)C(O)(CO)C2(O)C(O)CCCO)c1. The van der Waals surface area contributed by atoms with E-state index >= 15 is 0 Å². The summed E-state index contributed by atoms with van der Waals surface area (Å²) in [6.45, 7) is 0.959. The molecule has 3 aliphatic rings. The number of carbonyl (C=O) groups excluding carboxylic acids is 3. The zero-order valence-electron chi connectivity index (χ0n) is 46.1. The van der Waals surface area contributed by atoms with Crippen molar-refractivity contribution in [3.63, 3.8) is 0 Å². The van der Waals surface area contributed by atoms with Crippen LogP contribution in [0, 0.1) is 19.8 Å². The first-order chi connectivity index (χ1) is 40.3. The summed E-state index contributed by atoms with van der Waals surface area (Å²) >= 11 is 0. The minimum atomic E-state index is -3.51. The number of aliphatic hydroxyl groups is 6. The highest BCUT2D eigenvalue weighted by Gasteiger charge is 2.75. The Hall–Kier alpha value is -7.76. The van der Waals surface area contributed by atoms with Crippen LogP contribution in [-0.4, -0.2) is 186 Å². The minimum Gasteiger partial charge on any atom is -0.508 e. The van der Waals surface area contributed by atoms with Crippen LogP contribution in [0.15, 0.2) is 99.6 Å². The van der Waals surface area contributed by atoms with Gasteiger partial charge in [0, 0.05) is 54.9 Å². The standard InChI is InChI=1S/C58H70N8O18/c1-31-21-32(2)23-36(22-31)48-46-35(14-18-62-46)26-66(48)84-50-53(81-38-11-12-39-44(24-38)80-28-40(49(39)74)33-6-9-37(72)10-7-33)82-54(56(78,29-70)58(50,79)45(73)5-3-19-67)57(30-71,83-52(77)47(51(75)76)61-16-4-20-68)65-55(59)64-43(27-69)42-13-8-34-25-60-17-15-41(34)63-42/h6-7,9-12,14,18,20-24,26-28,34,41-43,45,47,50,53-54,60-63,67,70-73,78-79H,3-5,8,13,15-17,19,25,29-30H2,1-2H3,(H,75,76)(H3,59,64,65). The fourth-order valence-electron chi connectivity index (χ4n) is 11.8. The van der Waals surface area contributed by atoms with E-state index in [4.69, 9.17) is 29.2 Å². The summed E-state index contributed by atoms with van der Waals surface area (Å²) in [7, 11) is 0. The van der Waals surface area contributed by atoms with Gasteiger partial charge in [-0.05, 0) is 113 Å². The molecule has 84 heavy (non-hydrogen) atoms. The molecule has 0 spiro atoms. The largest absolute Gasteiger partial charge is 0.508 e. The first-order valence-electron chi connectivity index (χ1n) is 27.5. The van der Waals surface area contributed by atoms with Crippen molar-refractivity contribution < 1.29 is 83.5 Å². The number of nitrogens with two attached hydrogens (primary N) is 1. The number of aryl methyl sites for hydroxylation is 2. The van der Waals surface area contributed by atoms with Crippen LogP contribution in [0.4, 0.5) is 0 Å². The molecule has 3 aromatic heterocycles. The number of guanidine groups is 1. The number of fused-ring (bicyclic) bond motifs is 3. The molecular weight excluding hydrogens is 1100 g/mol. The zero-order chi connectivity index (χ0) is 60.1. The Balaban J connectivity index is 1.23. The molecule has 3 aromatic carbocycles. The average molecular weight is 1170 g/mol. The van der Waals surface area contributed by atoms with E-state index in [1.165, 1.54) is 59.7 Å². The summed E-state index contributed by atoms with van der Waals surface area (Å²) in [5, 5.41) is 106. The molecule has 0 bridgehead atoms. The molecule has 450 valence electrons. The molecule has 12 atom stereocenters. The van der Waals surface area contributed by atoms with Crippen LogP contribution in [-0.2, 0) is 28.7 Å². The maximum Gasteiger partial charge on any atom is 0.337 e. The Morgan fingerprint density at radius 3 is 2.46 bits per heavy atom. The molecule has 6 heterocycles. The van der Waals surface area contributed by atoms with Crippen molar-refractivity contribution in [2.75, 3.05) is 39.5 Å². The van der Waals surface area contributed by atoms with Crippen molar-refractivity contribution in [3.05, 3.63) is 107 Å². The normalized spacial score (nSPS) is 25.4. The van der Waals surface area contributed by atoms with Gasteiger partial charge >= 0.3 is 11.9 Å². The van der Waals surface area contributed by atoms with Gasteiger partial charge in [0.25, 0.3) is 0 Å². The first kappa shape index (κ1) is 60.8. The lowest BCUT2D eigenvalue weighted by molar-refractivity contribution is -0.400. The molecule has 3 aliphatic heterocycles. The number of aromatic nitrogens is 2. The number of aldehydes is 2. The third-order valence-electron chi connectivity index (χ3n) is 16.0. The van der Waals surface area contributed by atoms with Gasteiger partial charge in [0.05, 0.1) is 35.4 Å². The van der Waals surface area contributed by atoms with Crippen molar-refractivity contribution in [1.82, 2.24) is 31.0 Å². The molecule has 9 rings (SSSR count). The lowest BCUT2D eigenvalue weighted by atomic mass is 9.66. The van der Waals surface area contributed by atoms with E-state index < -0.39 is 109 Å². The molecule has 0 saturated carbocycles. The average Bonchev–Trinajstić information content (AvgIpc) is 0.749. The number of carboxylic acids is 1. The van der Waals surface area contributed by atoms with Gasteiger partial charge in [0.2, 0.25) is 24.2 Å². The number of benzene rings is 3. The van der Waals surface area contributed by atoms with E-state index in [1.807, 2.05) is 32.0 Å². The third kappa shape index (κ3) is 12.0. The number of ether oxygens (including phenoxy) is 3. The number of hydrogen-bond acceptors (Lipinski definition) is 21. The Bertz CT molecular complexity index is 3400. The van der Waals surface area contributed by atoms with Gasteiger partial charge in [-0.25, -0.2) is 14.6 Å². The number of rotatable bonds is 24. The smallest absolute Gasteiger partial charge is 0.337 e. The van der Waals surface area contributed by atoms with Crippen LogP contribution >= 0.6 is 0 Å². The molecule has 0 radical (unpaired) electrons. The number of nitrogens with one attached hydrogen (secondary N) is 5. The number of phenols is 1. The van der Waals surface area contributed by atoms with Gasteiger partial charge < -0.3 is 101 Å². The van der Waals surface area contributed by atoms with Crippen LogP contribution in [0.2, 0.25) is 0 Å². The van der Waals surface area contributed by atoms with E-state index in [0.29, 0.717) is 59.7 Å². The Labute approximate surface area is 480 Å². The highest BCUT2D eigenvalue weighted by atomic mass is 16.8. The van der Waals surface area contributed by atoms with Crippen LogP contribution in [0.3, 0.4) is 0 Å². The number of carboxylic acid groups (broad SMARTS) is 1. The molecule has 0 aliphatic carbocycles. The Morgan fingerprint density at radius 1 is 1.01 bits per heavy atom. The quantitative estimate of drug-likeness (QED) is 0.00720. The monoisotopic (exact) mass is 1170 g/mol. The summed E-state index contributed by atoms with van der Waals surface area (Å²) in [5.41, 5.74) is -0.450. The number of aliphatic hydroxyl groups excluding tert-OH is 4. The van der Waals surface area contributed by atoms with Gasteiger partial charge in [-0.3, -0.25) is 10.1 Å². The lowest BCUT2D eigenvalue weighted by Gasteiger charge is -2.59. The number of phenolic OH excluding ortho intramolecular Hbond substituents is 1. The van der Waals surface area contributed by atoms with E-state index in [9.17, 15) is 64.8 Å². The maximum absolute atomic E-state index is 14.5. The number of aromatic amines is 1. The molecule has 0 amide bonds. The second-order valence-corrected chi connectivity index (χ2v) is 21.6. The number of hydrogen-bond donors (Lipinski definition) is 14. The third-order valence-corrected chi connectivity index (χ3v) is 16.0. The van der Waals surface area contributed by atoms with Gasteiger partial charge in [0.1, 0.15) is 54.3 Å². The molecular formula is C58H70N8O18. The van der Waals surface area contributed by atoms with Crippen molar-refractivity contribution >= 4 is 52.3 Å². The Morgan fingerprint density at radius 2 is 1.77 bits per heavy atom. The van der Waals surface area contributed by atoms with Crippen LogP contribution in [0.5, 0.6) is 11.5 Å². The van der Waals surface area contributed by atoms with Gasteiger partial charge in [-0.2, -0.15) is 4.73 Å². The topological polar surface area (TPSA) is 404 Å². The van der Waals surface area contributed by atoms with Gasteiger partial charge in [0.15, 0.2) is 28.7 Å². The van der Waals surface area contributed by atoms with Crippen molar-refractivity contribution in [2.24, 2.45) is 16.6 Å². The summed E-state index contributed by atoms with van der Waals surface area (Å²) in [4.78, 5) is 80.0. The van der Waals surface area contributed by atoms with Crippen LogP contribution in [0.25, 0.3) is 44.3 Å². The lowest BCUT2D eigenvalue weighted by Crippen LogP contribution is -2.86. The van der Waals surface area contributed by atoms with E-state index in [0.717, 1.165) is 24.1 Å². The van der Waals surface area contributed by atoms with Gasteiger partial charge in [-0.15, -0.1) is 0 Å². The first-order valence-corrected chi connectivity index (χ1v) is 27.5. The van der Waals surface area contributed by atoms with Crippen LogP contribution < -0.4 is 42.0 Å². The number of aromatic hydroxyl groups is 1. The summed E-state index contributed by atoms with van der Waals surface area (Å²) in [6, 6.07) is 12.9. The van der Waals surface area contributed by atoms with Crippen molar-refractivity contribution in [3.8, 4) is 33.9 Å². The number of aliphatic carboxylic acids is 1. The molecule has 6 aromatic rings. The predicted octanol–water partition coefficient (Wildman–Crippen LogP) is -0.0133. The van der Waals surface area contributed by atoms with Crippen molar-refractivity contribution in [2.45, 2.75) is 118 Å². The number of esters is 1. The number of piperidine rings is 2. The zero-order valence-corrected chi connectivity index (χ0v) is 46.1. The van der Waals surface area contributed by atoms with Crippen molar-refractivity contribution in [1.29, 1.82) is 0 Å². The Kier molecular flexibility index (Phi) is 18.5. The maximum atomic E-state index is 14.5. The molecule has 3 saturated heterocycles. The highest BCUT2D eigenvalue weighted by molar-refractivity contribution is 5.98. The minimum absolute atomic E-state index is 0.00474. The number of H-pyrrole nitrogens is 1. The summed E-state index contributed by atoms with van der Waals surface area (Å²) in [5.74, 6) is -4.38. The molecule has 3 fully saturated rings. The highest BCUT2D eigenvalue weighted by Crippen LogP contribution is 2.47. The predicted molar refractivity (Wildman–Crippen MR) is 301 cm³/mol. The fraction of sp³-hybridized carbons (Fsp3) is 0.448. The van der Waals surface area contributed by atoms with Gasteiger partial charge in [-0.1, -0.05) is 29.3 Å². The molecule has 15 N–H and O–H groups in total. The molecule has 12 unspecified atom stereocenters. The number of carbonyl (C=O) groups is 4. The second kappa shape index (κ2) is 25.6. The molecule has 26 nitrogen and oxygen atoms in total. The van der Waals surface area contributed by atoms with E-state index in [1.54, 1.807) is 12.3 Å². The van der Waals surface area contributed by atoms with Crippen LogP contribution in [0.1, 0.15) is 49.7 Å². The van der Waals surface area contributed by atoms with E-state index in [2.05, 4.69) is 31.2 Å². The second-order valence-electron chi connectivity index (χ2n) is 21.6. The summed E-state index contributed by atoms with van der Waals surface area (Å²) in [6.07, 6.45) is -3.49.